The summed E-state index contributed by atoms with van der Waals surface area (Å²) in [5.41, 5.74) is 1.66. The lowest BCUT2D eigenvalue weighted by molar-refractivity contribution is 0.0512. The van der Waals surface area contributed by atoms with Crippen LogP contribution in [0.2, 0.25) is 0 Å². The number of esters is 1. The molecule has 1 aliphatic rings. The Morgan fingerprint density at radius 3 is 2.89 bits per heavy atom. The fourth-order valence-electron chi connectivity index (χ4n) is 1.57. The van der Waals surface area contributed by atoms with E-state index in [0.29, 0.717) is 12.1 Å². The van der Waals surface area contributed by atoms with Gasteiger partial charge in [0.2, 0.25) is 3.79 Å². The van der Waals surface area contributed by atoms with Gasteiger partial charge in [-0.25, -0.2) is 4.79 Å². The Kier molecular flexibility index (Phi) is 4.09. The zero-order valence-electron chi connectivity index (χ0n) is 9.03. The van der Waals surface area contributed by atoms with Crippen molar-refractivity contribution < 1.29 is 19.2 Å². The fourth-order valence-corrected chi connectivity index (χ4v) is 1.74. The highest BCUT2D eigenvalue weighted by molar-refractivity contribution is 6.67. The molecule has 1 heterocycles. The lowest BCUT2D eigenvalue weighted by atomic mass is 9.79. The molecular formula is C10H8BCl3O4. The average molecular weight is 309 g/mol. The van der Waals surface area contributed by atoms with Crippen LogP contribution in [-0.4, -0.2) is 28.5 Å². The normalized spacial score (nSPS) is 14.6. The molecule has 1 aromatic carbocycles. The Morgan fingerprint density at radius 1 is 1.50 bits per heavy atom. The van der Waals surface area contributed by atoms with Crippen LogP contribution in [0.25, 0.3) is 0 Å². The van der Waals surface area contributed by atoms with E-state index in [4.69, 9.17) is 44.2 Å². The lowest BCUT2D eigenvalue weighted by Crippen LogP contribution is -2.29. The van der Waals surface area contributed by atoms with Crippen molar-refractivity contribution in [3.63, 3.8) is 0 Å². The summed E-state index contributed by atoms with van der Waals surface area (Å²) in [6.45, 7) is -0.0212. The number of hydrogen-bond acceptors (Lipinski definition) is 4. The largest absolute Gasteiger partial charge is 0.491 e. The Balaban J connectivity index is 2.10. The van der Waals surface area contributed by atoms with Crippen LogP contribution in [0, 0.1) is 0 Å². The second kappa shape index (κ2) is 5.27. The van der Waals surface area contributed by atoms with E-state index in [0.717, 1.165) is 5.56 Å². The molecule has 1 aliphatic heterocycles. The number of ether oxygens (including phenoxy) is 1. The highest BCUT2D eigenvalue weighted by Crippen LogP contribution is 2.26. The van der Waals surface area contributed by atoms with E-state index in [9.17, 15) is 9.82 Å². The van der Waals surface area contributed by atoms with E-state index >= 15 is 0 Å². The van der Waals surface area contributed by atoms with Gasteiger partial charge in [0.05, 0.1) is 12.2 Å². The van der Waals surface area contributed by atoms with Crippen LogP contribution < -0.4 is 5.46 Å². The standard InChI is InChI=1S/C10H8BCl3O4/c12-10(13,14)5-17-9(15)6-1-2-7-4-18-11(16)8(7)3-6/h1-3,16H,4-5H2. The quantitative estimate of drug-likeness (QED) is 0.510. The van der Waals surface area contributed by atoms with Crippen LogP contribution >= 0.6 is 34.8 Å². The number of carbonyl (C=O) groups excluding carboxylic acids is 1. The summed E-state index contributed by atoms with van der Waals surface area (Å²) in [5.74, 6) is -0.622. The molecule has 0 radical (unpaired) electrons. The molecule has 0 unspecified atom stereocenters. The van der Waals surface area contributed by atoms with E-state index in [1.807, 2.05) is 0 Å². The molecule has 0 aliphatic carbocycles. The molecule has 8 heteroatoms. The van der Waals surface area contributed by atoms with Crippen molar-refractivity contribution in [2.24, 2.45) is 0 Å². The zero-order chi connectivity index (χ0) is 13.3. The minimum Gasteiger partial charge on any atom is -0.458 e. The summed E-state index contributed by atoms with van der Waals surface area (Å²) in [6.07, 6.45) is 0. The number of fused-ring (bicyclic) bond motifs is 1. The number of carbonyl (C=O) groups is 1. The first-order valence-electron chi connectivity index (χ1n) is 5.03. The molecular weight excluding hydrogens is 301 g/mol. The second-order valence-electron chi connectivity index (χ2n) is 3.77. The Labute approximate surface area is 119 Å². The van der Waals surface area contributed by atoms with Crippen LogP contribution in [0.3, 0.4) is 0 Å². The predicted molar refractivity (Wildman–Crippen MR) is 69.4 cm³/mol. The Morgan fingerprint density at radius 2 is 2.22 bits per heavy atom. The molecule has 4 nitrogen and oxygen atoms in total. The summed E-state index contributed by atoms with van der Waals surface area (Å²) in [7, 11) is -1.01. The maximum Gasteiger partial charge on any atom is 0.491 e. The van der Waals surface area contributed by atoms with E-state index in [-0.39, 0.29) is 12.2 Å². The van der Waals surface area contributed by atoms with Crippen LogP contribution in [0.5, 0.6) is 0 Å². The van der Waals surface area contributed by atoms with E-state index in [1.54, 1.807) is 12.1 Å². The Bertz CT molecular complexity index is 475. The molecule has 2 rings (SSSR count). The zero-order valence-corrected chi connectivity index (χ0v) is 11.3. The highest BCUT2D eigenvalue weighted by atomic mass is 35.6. The number of hydrogen-bond donors (Lipinski definition) is 1. The number of alkyl halides is 3. The lowest BCUT2D eigenvalue weighted by Gasteiger charge is -2.11. The monoisotopic (exact) mass is 308 g/mol. The molecule has 0 fully saturated rings. The first-order valence-corrected chi connectivity index (χ1v) is 6.16. The van der Waals surface area contributed by atoms with Gasteiger partial charge in [-0.15, -0.1) is 0 Å². The van der Waals surface area contributed by atoms with Crippen molar-refractivity contribution in [2.45, 2.75) is 10.4 Å². The van der Waals surface area contributed by atoms with Crippen molar-refractivity contribution >= 4 is 53.4 Å². The van der Waals surface area contributed by atoms with Crippen LogP contribution in [-0.2, 0) is 16.0 Å². The number of halogens is 3. The van der Waals surface area contributed by atoms with Gasteiger partial charge in [0.25, 0.3) is 0 Å². The molecule has 1 aromatic rings. The smallest absolute Gasteiger partial charge is 0.458 e. The second-order valence-corrected chi connectivity index (χ2v) is 6.28. The van der Waals surface area contributed by atoms with Gasteiger partial charge in [-0.05, 0) is 23.2 Å². The molecule has 1 N–H and O–H groups in total. The van der Waals surface area contributed by atoms with Gasteiger partial charge in [0, 0.05) is 0 Å². The Hall–Kier alpha value is -0.455. The molecule has 0 saturated carbocycles. The molecule has 0 saturated heterocycles. The van der Waals surface area contributed by atoms with Gasteiger partial charge < -0.3 is 14.4 Å². The minimum absolute atomic E-state index is 0.271. The summed E-state index contributed by atoms with van der Waals surface area (Å²) in [5, 5.41) is 9.51. The predicted octanol–water partition coefficient (Wildman–Crippen LogP) is 1.43. The van der Waals surface area contributed by atoms with Crippen LogP contribution in [0.4, 0.5) is 0 Å². The van der Waals surface area contributed by atoms with Gasteiger partial charge in [-0.3, -0.25) is 0 Å². The van der Waals surface area contributed by atoms with Crippen LogP contribution in [0.15, 0.2) is 18.2 Å². The van der Waals surface area contributed by atoms with Crippen molar-refractivity contribution in [2.75, 3.05) is 6.61 Å². The first-order chi connectivity index (χ1) is 8.37. The average Bonchev–Trinajstić information content (AvgIpc) is 2.67. The van der Waals surface area contributed by atoms with Crippen molar-refractivity contribution in [3.05, 3.63) is 29.3 Å². The summed E-state index contributed by atoms with van der Waals surface area (Å²) >= 11 is 16.4. The van der Waals surface area contributed by atoms with Gasteiger partial charge in [-0.1, -0.05) is 40.9 Å². The minimum atomic E-state index is -1.64. The van der Waals surface area contributed by atoms with Gasteiger partial charge >= 0.3 is 13.1 Å². The molecule has 0 spiro atoms. The molecule has 18 heavy (non-hydrogen) atoms. The highest BCUT2D eigenvalue weighted by Gasteiger charge is 2.29. The molecule has 0 aromatic heterocycles. The third kappa shape index (κ3) is 3.30. The van der Waals surface area contributed by atoms with Crippen molar-refractivity contribution in [1.29, 1.82) is 0 Å². The first kappa shape index (κ1) is 14.0. The fraction of sp³-hybridized carbons (Fsp3) is 0.300. The van der Waals surface area contributed by atoms with Crippen molar-refractivity contribution in [3.8, 4) is 0 Å². The van der Waals surface area contributed by atoms with Gasteiger partial charge in [-0.2, -0.15) is 0 Å². The molecule has 0 amide bonds. The topological polar surface area (TPSA) is 55.8 Å². The summed E-state index contributed by atoms with van der Waals surface area (Å²) in [4.78, 5) is 11.7. The van der Waals surface area contributed by atoms with Crippen molar-refractivity contribution in [1.82, 2.24) is 0 Å². The maximum atomic E-state index is 11.7. The SMILES string of the molecule is O=C(OCC(Cl)(Cl)Cl)c1ccc2c(c1)B(O)OC2. The van der Waals surface area contributed by atoms with Crippen LogP contribution in [0.1, 0.15) is 15.9 Å². The number of benzene rings is 1. The van der Waals surface area contributed by atoms with E-state index in [1.165, 1.54) is 6.07 Å². The summed E-state index contributed by atoms with van der Waals surface area (Å²) < 4.78 is 8.20. The third-order valence-electron chi connectivity index (χ3n) is 2.41. The molecule has 96 valence electrons. The molecule has 0 atom stereocenters. The summed E-state index contributed by atoms with van der Waals surface area (Å²) in [6, 6.07) is 4.77. The molecule has 0 bridgehead atoms. The third-order valence-corrected chi connectivity index (χ3v) is 2.74. The number of rotatable bonds is 2. The van der Waals surface area contributed by atoms with Gasteiger partial charge in [0.1, 0.15) is 6.61 Å². The maximum absolute atomic E-state index is 11.7. The van der Waals surface area contributed by atoms with Gasteiger partial charge in [0.15, 0.2) is 0 Å². The van der Waals surface area contributed by atoms with E-state index < -0.39 is 16.9 Å². The van der Waals surface area contributed by atoms with E-state index in [2.05, 4.69) is 0 Å².